The van der Waals surface area contributed by atoms with Crippen LogP contribution in [0.1, 0.15) is 43.5 Å². The van der Waals surface area contributed by atoms with E-state index >= 15 is 0 Å². The van der Waals surface area contributed by atoms with Gasteiger partial charge in [0.2, 0.25) is 0 Å². The van der Waals surface area contributed by atoms with Crippen LogP contribution in [0, 0.1) is 0 Å². The van der Waals surface area contributed by atoms with Gasteiger partial charge in [-0.1, -0.05) is 49.6 Å². The number of rotatable bonds is 4. The van der Waals surface area contributed by atoms with E-state index in [2.05, 4.69) is 17.1 Å². The molecule has 1 fully saturated rings. The van der Waals surface area contributed by atoms with Crippen molar-refractivity contribution in [2.24, 2.45) is 7.05 Å². The fourth-order valence-electron chi connectivity index (χ4n) is 3.52. The number of carbonyl (C=O) groups excluding carboxylic acids is 1. The Balaban J connectivity index is 1.92. The molecule has 2 aromatic rings. The van der Waals surface area contributed by atoms with Crippen molar-refractivity contribution in [3.63, 3.8) is 0 Å². The van der Waals surface area contributed by atoms with E-state index in [1.165, 1.54) is 12.0 Å². The highest BCUT2D eigenvalue weighted by Crippen LogP contribution is 2.40. The van der Waals surface area contributed by atoms with Crippen LogP contribution in [-0.2, 0) is 23.7 Å². The van der Waals surface area contributed by atoms with Gasteiger partial charge in [-0.25, -0.2) is 4.98 Å². The van der Waals surface area contributed by atoms with Crippen LogP contribution in [0.3, 0.4) is 0 Å². The molecule has 3 rings (SSSR count). The van der Waals surface area contributed by atoms with Crippen LogP contribution in [0.4, 0.5) is 0 Å². The van der Waals surface area contributed by atoms with Gasteiger partial charge in [-0.05, 0) is 18.4 Å². The molecular weight excluding hydrogens is 260 g/mol. The van der Waals surface area contributed by atoms with Gasteiger partial charge in [0, 0.05) is 19.4 Å². The summed E-state index contributed by atoms with van der Waals surface area (Å²) in [5.74, 6) is 1.18. The minimum Gasteiger partial charge on any atom is -0.338 e. The minimum atomic E-state index is -0.300. The van der Waals surface area contributed by atoms with Gasteiger partial charge >= 0.3 is 0 Å². The molecule has 0 unspecified atom stereocenters. The third-order valence-electron chi connectivity index (χ3n) is 4.81. The zero-order chi connectivity index (χ0) is 14.7. The molecule has 1 aromatic heterocycles. The zero-order valence-electron chi connectivity index (χ0n) is 12.6. The smallest absolute Gasteiger partial charge is 0.150 e. The van der Waals surface area contributed by atoms with Crippen molar-refractivity contribution in [1.29, 1.82) is 0 Å². The van der Waals surface area contributed by atoms with Gasteiger partial charge < -0.3 is 4.57 Å². The Bertz CT molecular complexity index is 609. The van der Waals surface area contributed by atoms with Gasteiger partial charge in [-0.2, -0.15) is 0 Å². The van der Waals surface area contributed by atoms with Gasteiger partial charge in [0.1, 0.15) is 5.82 Å². The Hall–Kier alpha value is -1.90. The standard InChI is InChI=1S/C18H22N2O/c1-20-13-12-19-17(20)14-16(21)18(10-6-3-7-11-18)15-8-4-2-5-9-15/h2,4-5,8-9,12-13H,3,6-7,10-11,14H2,1H3. The van der Waals surface area contributed by atoms with Crippen molar-refractivity contribution >= 4 is 5.78 Å². The maximum absolute atomic E-state index is 13.1. The van der Waals surface area contributed by atoms with E-state index in [1.807, 2.05) is 36.0 Å². The van der Waals surface area contributed by atoms with E-state index in [4.69, 9.17) is 0 Å². The van der Waals surface area contributed by atoms with E-state index in [0.29, 0.717) is 12.2 Å². The van der Waals surface area contributed by atoms with Gasteiger partial charge in [0.25, 0.3) is 0 Å². The van der Waals surface area contributed by atoms with E-state index < -0.39 is 0 Å². The molecule has 0 radical (unpaired) electrons. The predicted octanol–water partition coefficient (Wildman–Crippen LogP) is 3.43. The Kier molecular flexibility index (Phi) is 3.91. The second-order valence-corrected chi connectivity index (χ2v) is 6.06. The van der Waals surface area contributed by atoms with Crippen LogP contribution in [0.2, 0.25) is 0 Å². The molecule has 3 heteroatoms. The average Bonchev–Trinajstić information content (AvgIpc) is 2.94. The molecule has 3 nitrogen and oxygen atoms in total. The summed E-state index contributed by atoms with van der Waals surface area (Å²) in [6.07, 6.45) is 9.56. The first-order valence-electron chi connectivity index (χ1n) is 7.77. The molecular formula is C18H22N2O. The summed E-state index contributed by atoms with van der Waals surface area (Å²) in [5, 5.41) is 0. The number of aryl methyl sites for hydroxylation is 1. The molecule has 0 atom stereocenters. The molecule has 1 aliphatic rings. The second-order valence-electron chi connectivity index (χ2n) is 6.06. The number of hydrogen-bond acceptors (Lipinski definition) is 2. The Morgan fingerprint density at radius 3 is 2.52 bits per heavy atom. The molecule has 0 spiro atoms. The van der Waals surface area contributed by atoms with Crippen LogP contribution in [0.5, 0.6) is 0 Å². The maximum atomic E-state index is 13.1. The zero-order valence-corrected chi connectivity index (χ0v) is 12.6. The summed E-state index contributed by atoms with van der Waals surface area (Å²) in [6, 6.07) is 10.3. The van der Waals surface area contributed by atoms with Crippen molar-refractivity contribution in [3.05, 3.63) is 54.1 Å². The van der Waals surface area contributed by atoms with E-state index in [1.54, 1.807) is 6.20 Å². The van der Waals surface area contributed by atoms with Crippen molar-refractivity contribution in [2.75, 3.05) is 0 Å². The number of benzene rings is 1. The molecule has 0 N–H and O–H groups in total. The fraction of sp³-hybridized carbons (Fsp3) is 0.444. The molecule has 1 heterocycles. The van der Waals surface area contributed by atoms with Gasteiger partial charge in [-0.3, -0.25) is 4.79 Å². The number of ketones is 1. The summed E-state index contributed by atoms with van der Waals surface area (Å²) in [4.78, 5) is 17.4. The normalized spacial score (nSPS) is 17.6. The Morgan fingerprint density at radius 2 is 1.90 bits per heavy atom. The van der Waals surface area contributed by atoms with E-state index in [9.17, 15) is 4.79 Å². The summed E-state index contributed by atoms with van der Waals surface area (Å²) < 4.78 is 1.94. The number of aromatic nitrogens is 2. The van der Waals surface area contributed by atoms with E-state index in [-0.39, 0.29) is 5.41 Å². The van der Waals surface area contributed by atoms with Crippen LogP contribution in [0.15, 0.2) is 42.7 Å². The van der Waals surface area contributed by atoms with Crippen molar-refractivity contribution in [3.8, 4) is 0 Å². The number of Topliss-reactive ketones (excluding diaryl/α,β-unsaturated/α-hetero) is 1. The molecule has 110 valence electrons. The van der Waals surface area contributed by atoms with Crippen molar-refractivity contribution in [2.45, 2.75) is 43.9 Å². The summed E-state index contributed by atoms with van der Waals surface area (Å²) in [6.45, 7) is 0. The maximum Gasteiger partial charge on any atom is 0.150 e. The highest BCUT2D eigenvalue weighted by molar-refractivity contribution is 5.91. The lowest BCUT2D eigenvalue weighted by molar-refractivity contribution is -0.125. The highest BCUT2D eigenvalue weighted by Gasteiger charge is 2.40. The fourth-order valence-corrected chi connectivity index (χ4v) is 3.52. The third kappa shape index (κ3) is 2.65. The SMILES string of the molecule is Cn1ccnc1CC(=O)C1(c2ccccc2)CCCCC1. The molecule has 1 aromatic carbocycles. The van der Waals surface area contributed by atoms with Gasteiger partial charge in [0.15, 0.2) is 5.78 Å². The minimum absolute atomic E-state index is 0.300. The molecule has 0 amide bonds. The van der Waals surface area contributed by atoms with Gasteiger partial charge in [-0.15, -0.1) is 0 Å². The highest BCUT2D eigenvalue weighted by atomic mass is 16.1. The second kappa shape index (κ2) is 5.84. The van der Waals surface area contributed by atoms with Crippen molar-refractivity contribution < 1.29 is 4.79 Å². The quantitative estimate of drug-likeness (QED) is 0.861. The average molecular weight is 282 g/mol. The monoisotopic (exact) mass is 282 g/mol. The lowest BCUT2D eigenvalue weighted by Crippen LogP contribution is -2.39. The number of carbonyl (C=O) groups is 1. The predicted molar refractivity (Wildman–Crippen MR) is 83.1 cm³/mol. The summed E-state index contributed by atoms with van der Waals surface area (Å²) in [7, 11) is 1.95. The number of hydrogen-bond donors (Lipinski definition) is 0. The third-order valence-corrected chi connectivity index (χ3v) is 4.81. The molecule has 0 bridgehead atoms. The lowest BCUT2D eigenvalue weighted by atomic mass is 9.66. The lowest BCUT2D eigenvalue weighted by Gasteiger charge is -2.36. The van der Waals surface area contributed by atoms with Crippen molar-refractivity contribution in [1.82, 2.24) is 9.55 Å². The van der Waals surface area contributed by atoms with Gasteiger partial charge in [0.05, 0.1) is 11.8 Å². The van der Waals surface area contributed by atoms with Crippen LogP contribution in [0.25, 0.3) is 0 Å². The molecule has 1 saturated carbocycles. The Morgan fingerprint density at radius 1 is 1.19 bits per heavy atom. The van der Waals surface area contributed by atoms with Crippen LogP contribution >= 0.6 is 0 Å². The largest absolute Gasteiger partial charge is 0.338 e. The molecule has 1 aliphatic carbocycles. The topological polar surface area (TPSA) is 34.9 Å². The van der Waals surface area contributed by atoms with Crippen LogP contribution < -0.4 is 0 Å². The first-order chi connectivity index (χ1) is 10.2. The first-order valence-corrected chi connectivity index (χ1v) is 7.77. The molecule has 0 aliphatic heterocycles. The van der Waals surface area contributed by atoms with Crippen LogP contribution in [-0.4, -0.2) is 15.3 Å². The summed E-state index contributed by atoms with van der Waals surface area (Å²) >= 11 is 0. The Labute approximate surface area is 126 Å². The number of nitrogens with zero attached hydrogens (tertiary/aromatic N) is 2. The first kappa shape index (κ1) is 14.1. The molecule has 21 heavy (non-hydrogen) atoms. The number of imidazole rings is 1. The summed E-state index contributed by atoms with van der Waals surface area (Å²) in [5.41, 5.74) is 0.884. The van der Waals surface area contributed by atoms with E-state index in [0.717, 1.165) is 31.5 Å². The molecule has 0 saturated heterocycles.